The predicted octanol–water partition coefficient (Wildman–Crippen LogP) is 0.527. The number of amides is 1. The van der Waals surface area contributed by atoms with Gasteiger partial charge in [0.2, 0.25) is 5.91 Å². The minimum absolute atomic E-state index is 0.0560. The van der Waals surface area contributed by atoms with Crippen LogP contribution in [0, 0.1) is 5.82 Å². The molecule has 0 saturated carbocycles. The van der Waals surface area contributed by atoms with Crippen molar-refractivity contribution < 1.29 is 9.18 Å². The first kappa shape index (κ1) is 19.0. The van der Waals surface area contributed by atoms with Crippen LogP contribution < -0.4 is 16.1 Å². The van der Waals surface area contributed by atoms with Crippen LogP contribution in [0.15, 0.2) is 46.1 Å². The van der Waals surface area contributed by atoms with Crippen LogP contribution in [0.3, 0.4) is 0 Å². The summed E-state index contributed by atoms with van der Waals surface area (Å²) in [6, 6.07) is 7.97. The zero-order valence-corrected chi connectivity index (χ0v) is 16.3. The van der Waals surface area contributed by atoms with E-state index in [1.54, 1.807) is 40.9 Å². The number of piperazine rings is 1. The maximum atomic E-state index is 13.1. The molecule has 152 valence electrons. The molecule has 1 aliphatic heterocycles. The topological polar surface area (TPSA) is 72.5 Å². The van der Waals surface area contributed by atoms with Gasteiger partial charge in [-0.2, -0.15) is 0 Å². The fraction of sp³-hybridized carbons (Fsp3) is 0.350. The number of halogens is 1. The van der Waals surface area contributed by atoms with Crippen molar-refractivity contribution in [3.05, 3.63) is 63.2 Å². The van der Waals surface area contributed by atoms with E-state index in [4.69, 9.17) is 0 Å². The minimum Gasteiger partial charge on any atom is -0.368 e. The van der Waals surface area contributed by atoms with Crippen LogP contribution in [0.25, 0.3) is 11.0 Å². The molecule has 1 aliphatic rings. The summed E-state index contributed by atoms with van der Waals surface area (Å²) in [6.45, 7) is 2.47. The molecule has 0 N–H and O–H groups in total. The number of aryl methyl sites for hydroxylation is 1. The molecule has 29 heavy (non-hydrogen) atoms. The van der Waals surface area contributed by atoms with E-state index in [-0.39, 0.29) is 23.8 Å². The Labute approximate surface area is 166 Å². The first-order valence-electron chi connectivity index (χ1n) is 9.40. The van der Waals surface area contributed by atoms with E-state index in [0.29, 0.717) is 37.2 Å². The molecule has 0 atom stereocenters. The maximum Gasteiger partial charge on any atom is 0.332 e. The van der Waals surface area contributed by atoms with Gasteiger partial charge in [0.25, 0.3) is 5.56 Å². The second-order valence-corrected chi connectivity index (χ2v) is 7.23. The van der Waals surface area contributed by atoms with Gasteiger partial charge >= 0.3 is 5.69 Å². The van der Waals surface area contributed by atoms with Crippen molar-refractivity contribution in [1.82, 2.24) is 18.6 Å². The number of aromatic nitrogens is 3. The molecule has 0 aliphatic carbocycles. The highest BCUT2D eigenvalue weighted by Gasteiger charge is 2.22. The second kappa shape index (κ2) is 7.23. The van der Waals surface area contributed by atoms with E-state index < -0.39 is 5.69 Å². The van der Waals surface area contributed by atoms with Gasteiger partial charge in [0.1, 0.15) is 18.0 Å². The maximum absolute atomic E-state index is 13.1. The van der Waals surface area contributed by atoms with Crippen LogP contribution in [-0.2, 0) is 25.4 Å². The summed E-state index contributed by atoms with van der Waals surface area (Å²) < 4.78 is 17.2. The monoisotopic (exact) mass is 399 g/mol. The Balaban J connectivity index is 1.49. The van der Waals surface area contributed by atoms with Crippen LogP contribution in [0.4, 0.5) is 10.1 Å². The Morgan fingerprint density at radius 2 is 1.62 bits per heavy atom. The van der Waals surface area contributed by atoms with Crippen LogP contribution in [0.5, 0.6) is 0 Å². The molecule has 0 spiro atoms. The average molecular weight is 399 g/mol. The molecular weight excluding hydrogens is 377 g/mol. The Hall–Kier alpha value is -3.36. The van der Waals surface area contributed by atoms with Gasteiger partial charge in [-0.1, -0.05) is 0 Å². The Bertz CT molecular complexity index is 1180. The molecule has 1 saturated heterocycles. The fourth-order valence-electron chi connectivity index (χ4n) is 3.83. The number of benzene rings is 1. The molecule has 3 aromatic rings. The van der Waals surface area contributed by atoms with Gasteiger partial charge in [-0.15, -0.1) is 0 Å². The lowest BCUT2D eigenvalue weighted by atomic mass is 10.2. The summed E-state index contributed by atoms with van der Waals surface area (Å²) in [7, 11) is 3.03. The lowest BCUT2D eigenvalue weighted by Gasteiger charge is -2.36. The molecule has 1 amide bonds. The van der Waals surface area contributed by atoms with Gasteiger partial charge in [0, 0.05) is 52.2 Å². The van der Waals surface area contributed by atoms with E-state index in [9.17, 15) is 18.8 Å². The molecule has 2 aromatic heterocycles. The van der Waals surface area contributed by atoms with Crippen molar-refractivity contribution >= 4 is 22.6 Å². The molecule has 0 bridgehead atoms. The molecule has 1 fully saturated rings. The molecule has 4 rings (SSSR count). The highest BCUT2D eigenvalue weighted by Crippen LogP contribution is 2.17. The van der Waals surface area contributed by atoms with Crippen molar-refractivity contribution in [2.75, 3.05) is 31.1 Å². The highest BCUT2D eigenvalue weighted by molar-refractivity contribution is 5.81. The molecule has 8 nitrogen and oxygen atoms in total. The van der Waals surface area contributed by atoms with Crippen LogP contribution in [-0.4, -0.2) is 50.7 Å². The zero-order valence-electron chi connectivity index (χ0n) is 16.3. The second-order valence-electron chi connectivity index (χ2n) is 7.23. The van der Waals surface area contributed by atoms with Crippen molar-refractivity contribution in [2.24, 2.45) is 14.1 Å². The first-order chi connectivity index (χ1) is 13.9. The van der Waals surface area contributed by atoms with Crippen LogP contribution in [0.2, 0.25) is 0 Å². The Kier molecular flexibility index (Phi) is 4.73. The van der Waals surface area contributed by atoms with Gasteiger partial charge in [0.15, 0.2) is 0 Å². The number of carbonyl (C=O) groups excluding carboxylic acids is 1. The molecule has 0 radical (unpaired) electrons. The summed E-state index contributed by atoms with van der Waals surface area (Å²) >= 11 is 0. The summed E-state index contributed by atoms with van der Waals surface area (Å²) in [5.74, 6) is -0.347. The zero-order chi connectivity index (χ0) is 20.7. The van der Waals surface area contributed by atoms with Gasteiger partial charge in [-0.3, -0.25) is 18.7 Å². The first-order valence-corrected chi connectivity index (χ1v) is 9.40. The molecule has 3 heterocycles. The number of nitrogens with zero attached hydrogens (tertiary/aromatic N) is 5. The number of carbonyl (C=O) groups is 1. The van der Waals surface area contributed by atoms with Crippen molar-refractivity contribution in [3.63, 3.8) is 0 Å². The summed E-state index contributed by atoms with van der Waals surface area (Å²) in [4.78, 5) is 41.2. The molecule has 0 unspecified atom stereocenters. The SMILES string of the molecule is Cn1c(=O)c2ccn(CC(=O)N3CCN(c4ccc(F)cc4)CC3)c2n(C)c1=O. The number of hydrogen-bond acceptors (Lipinski definition) is 4. The van der Waals surface area contributed by atoms with Crippen LogP contribution >= 0.6 is 0 Å². The third-order valence-electron chi connectivity index (χ3n) is 5.49. The molecule has 1 aromatic carbocycles. The molecule has 9 heteroatoms. The third-order valence-corrected chi connectivity index (χ3v) is 5.49. The van der Waals surface area contributed by atoms with Gasteiger partial charge in [0.05, 0.1) is 5.39 Å². The normalized spacial score (nSPS) is 14.6. The van der Waals surface area contributed by atoms with Crippen LogP contribution in [0.1, 0.15) is 0 Å². The fourth-order valence-corrected chi connectivity index (χ4v) is 3.83. The van der Waals surface area contributed by atoms with Gasteiger partial charge in [-0.05, 0) is 30.3 Å². The summed E-state index contributed by atoms with van der Waals surface area (Å²) in [5.41, 5.74) is 0.571. The summed E-state index contributed by atoms with van der Waals surface area (Å²) in [6.07, 6.45) is 1.66. The Morgan fingerprint density at radius 3 is 2.28 bits per heavy atom. The highest BCUT2D eigenvalue weighted by atomic mass is 19.1. The Morgan fingerprint density at radius 1 is 0.966 bits per heavy atom. The quantitative estimate of drug-likeness (QED) is 0.644. The lowest BCUT2D eigenvalue weighted by Crippen LogP contribution is -2.49. The van der Waals surface area contributed by atoms with E-state index in [2.05, 4.69) is 4.90 Å². The minimum atomic E-state index is -0.428. The largest absolute Gasteiger partial charge is 0.368 e. The number of rotatable bonds is 3. The number of hydrogen-bond donors (Lipinski definition) is 0. The van der Waals surface area contributed by atoms with Gasteiger partial charge in [-0.25, -0.2) is 9.18 Å². The lowest BCUT2D eigenvalue weighted by molar-refractivity contribution is -0.132. The van der Waals surface area contributed by atoms with E-state index in [0.717, 1.165) is 10.3 Å². The van der Waals surface area contributed by atoms with Crippen molar-refractivity contribution in [2.45, 2.75) is 6.54 Å². The van der Waals surface area contributed by atoms with Crippen molar-refractivity contribution in [1.29, 1.82) is 0 Å². The number of fused-ring (bicyclic) bond motifs is 1. The van der Waals surface area contributed by atoms with E-state index >= 15 is 0 Å². The predicted molar refractivity (Wildman–Crippen MR) is 108 cm³/mol. The average Bonchev–Trinajstić information content (AvgIpc) is 3.15. The van der Waals surface area contributed by atoms with Crippen molar-refractivity contribution in [3.8, 4) is 0 Å². The van der Waals surface area contributed by atoms with E-state index in [1.807, 2.05) is 0 Å². The van der Waals surface area contributed by atoms with E-state index in [1.165, 1.54) is 23.7 Å². The summed E-state index contributed by atoms with van der Waals surface area (Å²) in [5, 5.41) is 0.406. The smallest absolute Gasteiger partial charge is 0.332 e. The van der Waals surface area contributed by atoms with Gasteiger partial charge < -0.3 is 14.4 Å². The third kappa shape index (κ3) is 3.32. The number of anilines is 1. The molecular formula is C20H22FN5O3. The standard InChI is InChI=1S/C20H22FN5O3/c1-22-18-16(19(28)23(2)20(22)29)7-8-26(18)13-17(27)25-11-9-24(10-12-25)15-5-3-14(21)4-6-15/h3-8H,9-13H2,1-2H3.